The van der Waals surface area contributed by atoms with E-state index in [1.54, 1.807) is 11.3 Å². The normalized spacial score (nSPS) is 12.7. The van der Waals surface area contributed by atoms with E-state index in [1.807, 2.05) is 25.2 Å². The molecule has 2 aromatic rings. The lowest BCUT2D eigenvalue weighted by atomic mass is 10.0. The van der Waals surface area contributed by atoms with Crippen LogP contribution in [0.1, 0.15) is 22.0 Å². The standard InChI is InChI=1S/C14H14BrCl2NS/c1-8-6-13(19-14(8)15)12(18-2)7-9-10(16)4-3-5-11(9)17/h3-6,12,18H,7H2,1-2H3. The van der Waals surface area contributed by atoms with Gasteiger partial charge in [-0.05, 0) is 65.6 Å². The van der Waals surface area contributed by atoms with Crippen LogP contribution in [-0.4, -0.2) is 7.05 Å². The minimum atomic E-state index is 0.215. The SMILES string of the molecule is CNC(Cc1c(Cl)cccc1Cl)c1cc(C)c(Br)s1. The molecule has 1 nitrogen and oxygen atoms in total. The summed E-state index contributed by atoms with van der Waals surface area (Å²) in [7, 11) is 1.96. The number of thiophene rings is 1. The van der Waals surface area contributed by atoms with Gasteiger partial charge in [0.15, 0.2) is 0 Å². The molecule has 1 N–H and O–H groups in total. The maximum atomic E-state index is 6.24. The zero-order valence-electron chi connectivity index (χ0n) is 10.6. The number of rotatable bonds is 4. The highest BCUT2D eigenvalue weighted by molar-refractivity contribution is 9.11. The van der Waals surface area contributed by atoms with Gasteiger partial charge >= 0.3 is 0 Å². The van der Waals surface area contributed by atoms with Crippen molar-refractivity contribution >= 4 is 50.5 Å². The number of aryl methyl sites for hydroxylation is 1. The van der Waals surface area contributed by atoms with Gasteiger partial charge in [-0.2, -0.15) is 0 Å². The van der Waals surface area contributed by atoms with Gasteiger partial charge in [0.2, 0.25) is 0 Å². The molecule has 0 amide bonds. The first kappa shape index (κ1) is 15.3. The van der Waals surface area contributed by atoms with E-state index in [2.05, 4.69) is 34.2 Å². The number of halogens is 3. The lowest BCUT2D eigenvalue weighted by Crippen LogP contribution is -2.18. The molecule has 0 spiro atoms. The molecule has 0 aliphatic carbocycles. The Bertz CT molecular complexity index is 543. The average Bonchev–Trinajstić information content (AvgIpc) is 2.69. The van der Waals surface area contributed by atoms with Gasteiger partial charge in [-0.15, -0.1) is 11.3 Å². The second-order valence-corrected chi connectivity index (χ2v) is 7.57. The van der Waals surface area contributed by atoms with Gasteiger partial charge in [0, 0.05) is 21.0 Å². The van der Waals surface area contributed by atoms with Crippen LogP contribution in [0, 0.1) is 6.92 Å². The summed E-state index contributed by atoms with van der Waals surface area (Å²) in [5.74, 6) is 0. The Balaban J connectivity index is 2.29. The summed E-state index contributed by atoms with van der Waals surface area (Å²) >= 11 is 17.8. The maximum Gasteiger partial charge on any atom is 0.0731 e. The summed E-state index contributed by atoms with van der Waals surface area (Å²) in [6.45, 7) is 2.10. The van der Waals surface area contributed by atoms with E-state index in [-0.39, 0.29) is 6.04 Å². The van der Waals surface area contributed by atoms with Crippen molar-refractivity contribution in [2.45, 2.75) is 19.4 Å². The summed E-state index contributed by atoms with van der Waals surface area (Å²) in [4.78, 5) is 1.28. The number of benzene rings is 1. The van der Waals surface area contributed by atoms with Gasteiger partial charge < -0.3 is 5.32 Å². The Morgan fingerprint density at radius 1 is 1.32 bits per heavy atom. The van der Waals surface area contributed by atoms with Crippen molar-refractivity contribution in [3.05, 3.63) is 54.1 Å². The summed E-state index contributed by atoms with van der Waals surface area (Å²) in [5, 5.41) is 4.78. The lowest BCUT2D eigenvalue weighted by molar-refractivity contribution is 0.602. The molecule has 0 aliphatic rings. The molecule has 1 aromatic heterocycles. The monoisotopic (exact) mass is 377 g/mol. The molecule has 0 fully saturated rings. The van der Waals surface area contributed by atoms with Crippen LogP contribution in [0.5, 0.6) is 0 Å². The third kappa shape index (κ3) is 3.53. The summed E-state index contributed by atoms with van der Waals surface area (Å²) in [6.07, 6.45) is 0.779. The van der Waals surface area contributed by atoms with E-state index in [0.29, 0.717) is 0 Å². The minimum Gasteiger partial charge on any atom is -0.312 e. The first-order valence-corrected chi connectivity index (χ1v) is 8.25. The van der Waals surface area contributed by atoms with E-state index in [9.17, 15) is 0 Å². The van der Waals surface area contributed by atoms with E-state index in [1.165, 1.54) is 14.2 Å². The van der Waals surface area contributed by atoms with Crippen molar-refractivity contribution in [1.82, 2.24) is 5.32 Å². The number of nitrogens with one attached hydrogen (secondary N) is 1. The van der Waals surface area contributed by atoms with Crippen molar-refractivity contribution in [1.29, 1.82) is 0 Å². The van der Waals surface area contributed by atoms with Gasteiger partial charge in [0.1, 0.15) is 0 Å². The number of likely N-dealkylation sites (N-methyl/N-ethyl adjacent to an activating group) is 1. The van der Waals surface area contributed by atoms with E-state index in [4.69, 9.17) is 23.2 Å². The molecule has 1 atom stereocenters. The molecule has 5 heteroatoms. The molecule has 2 rings (SSSR count). The highest BCUT2D eigenvalue weighted by atomic mass is 79.9. The summed E-state index contributed by atoms with van der Waals surface area (Å²) in [6, 6.07) is 8.04. The molecule has 1 unspecified atom stereocenters. The molecule has 1 aromatic carbocycles. The fourth-order valence-electron chi connectivity index (χ4n) is 1.93. The number of hydrogen-bond acceptors (Lipinski definition) is 2. The molecule has 0 saturated carbocycles. The summed E-state index contributed by atoms with van der Waals surface area (Å²) < 4.78 is 1.17. The molecule has 102 valence electrons. The van der Waals surface area contributed by atoms with Crippen molar-refractivity contribution in [3.63, 3.8) is 0 Å². The van der Waals surface area contributed by atoms with Crippen LogP contribution in [0.3, 0.4) is 0 Å². The molecule has 0 bridgehead atoms. The third-order valence-corrected chi connectivity index (χ3v) is 6.00. The van der Waals surface area contributed by atoms with Crippen LogP contribution in [0.15, 0.2) is 28.1 Å². The predicted molar refractivity (Wildman–Crippen MR) is 88.7 cm³/mol. The third-order valence-electron chi connectivity index (χ3n) is 3.04. The van der Waals surface area contributed by atoms with Crippen LogP contribution >= 0.6 is 50.5 Å². The Labute approximate surface area is 136 Å². The highest BCUT2D eigenvalue weighted by Crippen LogP contribution is 2.35. The molecule has 0 radical (unpaired) electrons. The van der Waals surface area contributed by atoms with Crippen molar-refractivity contribution < 1.29 is 0 Å². The number of hydrogen-bond donors (Lipinski definition) is 1. The Morgan fingerprint density at radius 3 is 2.42 bits per heavy atom. The largest absolute Gasteiger partial charge is 0.312 e. The van der Waals surface area contributed by atoms with Crippen LogP contribution in [0.25, 0.3) is 0 Å². The van der Waals surface area contributed by atoms with E-state index in [0.717, 1.165) is 22.0 Å². The van der Waals surface area contributed by atoms with Gasteiger partial charge in [-0.25, -0.2) is 0 Å². The van der Waals surface area contributed by atoms with E-state index < -0.39 is 0 Å². The Morgan fingerprint density at radius 2 is 1.95 bits per heavy atom. The van der Waals surface area contributed by atoms with Gasteiger partial charge in [0.05, 0.1) is 3.79 Å². The second-order valence-electron chi connectivity index (χ2n) is 4.35. The van der Waals surface area contributed by atoms with Crippen LogP contribution in [0.2, 0.25) is 10.0 Å². The fourth-order valence-corrected chi connectivity index (χ4v) is 4.16. The van der Waals surface area contributed by atoms with Crippen LogP contribution in [-0.2, 0) is 6.42 Å². The molecule has 1 heterocycles. The van der Waals surface area contributed by atoms with Gasteiger partial charge in [0.25, 0.3) is 0 Å². The Hall–Kier alpha value is -0.0600. The molecular weight excluding hydrogens is 365 g/mol. The predicted octanol–water partition coefficient (Wildman–Crippen LogP) is 5.63. The molecular formula is C14H14BrCl2NS. The second kappa shape index (κ2) is 6.59. The topological polar surface area (TPSA) is 12.0 Å². The first-order valence-electron chi connectivity index (χ1n) is 5.89. The van der Waals surface area contributed by atoms with Gasteiger partial charge in [-0.3, -0.25) is 0 Å². The van der Waals surface area contributed by atoms with Crippen molar-refractivity contribution in [2.24, 2.45) is 0 Å². The van der Waals surface area contributed by atoms with Crippen LogP contribution in [0.4, 0.5) is 0 Å². The smallest absolute Gasteiger partial charge is 0.0731 e. The van der Waals surface area contributed by atoms with Crippen molar-refractivity contribution in [2.75, 3.05) is 7.05 Å². The van der Waals surface area contributed by atoms with Crippen molar-refractivity contribution in [3.8, 4) is 0 Å². The van der Waals surface area contributed by atoms with Gasteiger partial charge in [-0.1, -0.05) is 29.3 Å². The quantitative estimate of drug-likeness (QED) is 0.726. The Kier molecular flexibility index (Phi) is 5.32. The summed E-state index contributed by atoms with van der Waals surface area (Å²) in [5.41, 5.74) is 2.25. The minimum absolute atomic E-state index is 0.215. The molecule has 19 heavy (non-hydrogen) atoms. The average molecular weight is 379 g/mol. The fraction of sp³-hybridized carbons (Fsp3) is 0.286. The highest BCUT2D eigenvalue weighted by Gasteiger charge is 2.17. The van der Waals surface area contributed by atoms with Crippen LogP contribution < -0.4 is 5.32 Å². The zero-order chi connectivity index (χ0) is 14.0. The zero-order valence-corrected chi connectivity index (χ0v) is 14.6. The molecule has 0 saturated heterocycles. The lowest BCUT2D eigenvalue weighted by Gasteiger charge is -2.16. The van der Waals surface area contributed by atoms with E-state index >= 15 is 0 Å². The maximum absolute atomic E-state index is 6.24. The molecule has 0 aliphatic heterocycles. The first-order chi connectivity index (χ1) is 9.02.